The van der Waals surface area contributed by atoms with Crippen LogP contribution in [0.4, 0.5) is 0 Å². The summed E-state index contributed by atoms with van der Waals surface area (Å²) in [5.41, 5.74) is 3.43. The molecule has 0 saturated heterocycles. The molecule has 0 fully saturated rings. The van der Waals surface area contributed by atoms with Crippen LogP contribution < -0.4 is 5.32 Å². The predicted octanol–water partition coefficient (Wildman–Crippen LogP) is 3.76. The first-order chi connectivity index (χ1) is 15.7. The minimum absolute atomic E-state index is 0.198. The van der Waals surface area contributed by atoms with Crippen LogP contribution in [0.25, 0.3) is 17.1 Å². The number of thioether (sulfide) groups is 1. The number of aryl methyl sites for hydroxylation is 1. The van der Waals surface area contributed by atoms with Crippen molar-refractivity contribution >= 4 is 29.0 Å². The molecule has 10 heteroatoms. The van der Waals surface area contributed by atoms with Gasteiger partial charge in [0.15, 0.2) is 11.0 Å². The number of rotatable bonds is 9. The van der Waals surface area contributed by atoms with E-state index in [0.29, 0.717) is 24.6 Å². The third kappa shape index (κ3) is 5.04. The molecule has 0 aliphatic heterocycles. The lowest BCUT2D eigenvalue weighted by Crippen LogP contribution is -2.27. The number of carbonyl (C=O) groups is 1. The van der Waals surface area contributed by atoms with E-state index in [4.69, 9.17) is 4.74 Å². The molecule has 0 spiro atoms. The van der Waals surface area contributed by atoms with Gasteiger partial charge in [-0.3, -0.25) is 14.3 Å². The van der Waals surface area contributed by atoms with E-state index >= 15 is 0 Å². The molecule has 32 heavy (non-hydrogen) atoms. The number of hydrogen-bond donors (Lipinski definition) is 1. The van der Waals surface area contributed by atoms with Crippen LogP contribution in [0, 0.1) is 6.92 Å². The van der Waals surface area contributed by atoms with Crippen molar-refractivity contribution in [3.63, 3.8) is 0 Å². The summed E-state index contributed by atoms with van der Waals surface area (Å²) in [6.07, 6.45) is 3.52. The molecule has 0 radical (unpaired) electrons. The zero-order valence-corrected chi connectivity index (χ0v) is 19.3. The van der Waals surface area contributed by atoms with Crippen molar-refractivity contribution in [2.45, 2.75) is 17.8 Å². The lowest BCUT2D eigenvalue weighted by atomic mass is 10.2. The van der Waals surface area contributed by atoms with Crippen LogP contribution in [0.3, 0.4) is 0 Å². The Labute approximate surface area is 194 Å². The van der Waals surface area contributed by atoms with Crippen molar-refractivity contribution in [3.8, 4) is 17.1 Å². The zero-order chi connectivity index (χ0) is 22.3. The molecular weight excluding hydrogens is 444 g/mol. The average molecular weight is 467 g/mol. The Morgan fingerprint density at radius 3 is 2.88 bits per heavy atom. The first kappa shape index (κ1) is 22.1. The molecule has 1 N–H and O–H groups in total. The van der Waals surface area contributed by atoms with Gasteiger partial charge in [-0.25, -0.2) is 4.98 Å². The Morgan fingerprint density at radius 2 is 2.09 bits per heavy atom. The highest BCUT2D eigenvalue weighted by Gasteiger charge is 2.18. The molecule has 0 aliphatic rings. The Balaban J connectivity index is 1.57. The second-order valence-corrected chi connectivity index (χ2v) is 8.72. The van der Waals surface area contributed by atoms with Gasteiger partial charge in [0.05, 0.1) is 18.0 Å². The van der Waals surface area contributed by atoms with Crippen molar-refractivity contribution < 1.29 is 9.53 Å². The molecule has 0 saturated carbocycles. The number of pyridine rings is 1. The number of aromatic nitrogens is 5. The molecule has 0 bridgehead atoms. The normalized spacial score (nSPS) is 10.9. The molecule has 3 heterocycles. The summed E-state index contributed by atoms with van der Waals surface area (Å²) >= 11 is 2.98. The summed E-state index contributed by atoms with van der Waals surface area (Å²) in [7, 11) is 1.60. The molecule has 1 amide bonds. The molecule has 164 valence electrons. The fraction of sp³-hybridized carbons (Fsp3) is 0.227. The van der Waals surface area contributed by atoms with Gasteiger partial charge >= 0.3 is 0 Å². The van der Waals surface area contributed by atoms with E-state index in [1.165, 1.54) is 23.1 Å². The fourth-order valence-corrected chi connectivity index (χ4v) is 4.78. The topological polar surface area (TPSA) is 94.8 Å². The Morgan fingerprint density at radius 1 is 1.22 bits per heavy atom. The van der Waals surface area contributed by atoms with Gasteiger partial charge in [0, 0.05) is 37.0 Å². The first-order valence-corrected chi connectivity index (χ1v) is 11.8. The largest absolute Gasteiger partial charge is 0.383 e. The number of amides is 1. The Kier molecular flexibility index (Phi) is 7.25. The number of thiazole rings is 1. The van der Waals surface area contributed by atoms with Gasteiger partial charge in [-0.1, -0.05) is 30.0 Å². The SMILES string of the molecule is COCCNC(=O)c1csc(CSc2nnc(-c3cccnc3)n2-c2ccccc2C)n1. The van der Waals surface area contributed by atoms with E-state index in [1.807, 2.05) is 28.8 Å². The van der Waals surface area contributed by atoms with Crippen molar-refractivity contribution in [2.24, 2.45) is 0 Å². The van der Waals surface area contributed by atoms with Gasteiger partial charge in [-0.2, -0.15) is 0 Å². The molecule has 4 aromatic rings. The van der Waals surface area contributed by atoms with Gasteiger partial charge in [-0.15, -0.1) is 21.5 Å². The summed E-state index contributed by atoms with van der Waals surface area (Å²) in [4.78, 5) is 20.9. The van der Waals surface area contributed by atoms with Crippen LogP contribution >= 0.6 is 23.1 Å². The molecule has 0 aliphatic carbocycles. The quantitative estimate of drug-likeness (QED) is 0.296. The summed E-state index contributed by atoms with van der Waals surface area (Å²) in [6, 6.07) is 12.0. The summed E-state index contributed by atoms with van der Waals surface area (Å²) < 4.78 is 7.00. The second-order valence-electron chi connectivity index (χ2n) is 6.83. The third-order valence-electron chi connectivity index (χ3n) is 4.61. The van der Waals surface area contributed by atoms with E-state index in [2.05, 4.69) is 44.5 Å². The number of ether oxygens (including phenoxy) is 1. The molecule has 4 rings (SSSR count). The number of nitrogens with one attached hydrogen (secondary N) is 1. The molecule has 1 aromatic carbocycles. The molecular formula is C22H22N6O2S2. The maximum absolute atomic E-state index is 12.2. The number of methoxy groups -OCH3 is 1. The highest BCUT2D eigenvalue weighted by molar-refractivity contribution is 7.98. The van der Waals surface area contributed by atoms with E-state index in [-0.39, 0.29) is 5.91 Å². The lowest BCUT2D eigenvalue weighted by molar-refractivity contribution is 0.0932. The molecule has 3 aromatic heterocycles. The number of para-hydroxylation sites is 1. The van der Waals surface area contributed by atoms with Gasteiger partial charge in [0.2, 0.25) is 0 Å². The van der Waals surface area contributed by atoms with E-state index in [1.54, 1.807) is 24.9 Å². The standard InChI is InChI=1S/C22H22N6O2S2/c1-15-6-3-4-8-18(15)28-20(16-7-5-9-23-12-16)26-27-22(28)32-14-19-25-17(13-31-19)21(29)24-10-11-30-2/h3-9,12-13H,10-11,14H2,1-2H3,(H,24,29). The minimum Gasteiger partial charge on any atom is -0.383 e. The Hall–Kier alpha value is -3.08. The number of nitrogens with zero attached hydrogens (tertiary/aromatic N) is 5. The second kappa shape index (κ2) is 10.5. The summed E-state index contributed by atoms with van der Waals surface area (Å²) in [5.74, 6) is 1.11. The summed E-state index contributed by atoms with van der Waals surface area (Å²) in [5, 5.41) is 15.0. The van der Waals surface area contributed by atoms with E-state index in [0.717, 1.165) is 32.8 Å². The monoisotopic (exact) mass is 466 g/mol. The Bertz CT molecular complexity index is 1190. The van der Waals surface area contributed by atoms with Crippen molar-refractivity contribution in [2.75, 3.05) is 20.3 Å². The van der Waals surface area contributed by atoms with Crippen LogP contribution in [0.1, 0.15) is 21.1 Å². The number of carbonyl (C=O) groups excluding carboxylic acids is 1. The highest BCUT2D eigenvalue weighted by Crippen LogP contribution is 2.31. The van der Waals surface area contributed by atoms with E-state index < -0.39 is 0 Å². The zero-order valence-electron chi connectivity index (χ0n) is 17.7. The number of benzene rings is 1. The molecule has 0 atom stereocenters. The average Bonchev–Trinajstić information content (AvgIpc) is 3.46. The first-order valence-electron chi connectivity index (χ1n) is 9.93. The van der Waals surface area contributed by atoms with Gasteiger partial charge < -0.3 is 10.1 Å². The van der Waals surface area contributed by atoms with Gasteiger partial charge in [-0.05, 0) is 30.7 Å². The highest BCUT2D eigenvalue weighted by atomic mass is 32.2. The van der Waals surface area contributed by atoms with Crippen LogP contribution in [0.2, 0.25) is 0 Å². The third-order valence-corrected chi connectivity index (χ3v) is 6.58. The van der Waals surface area contributed by atoms with E-state index in [9.17, 15) is 4.79 Å². The lowest BCUT2D eigenvalue weighted by Gasteiger charge is -2.12. The summed E-state index contributed by atoms with van der Waals surface area (Å²) in [6.45, 7) is 2.98. The van der Waals surface area contributed by atoms with Crippen LogP contribution in [0.15, 0.2) is 59.3 Å². The smallest absolute Gasteiger partial charge is 0.270 e. The fourth-order valence-electron chi connectivity index (χ4n) is 3.04. The van der Waals surface area contributed by atoms with Crippen LogP contribution in [-0.4, -0.2) is 50.9 Å². The minimum atomic E-state index is -0.198. The molecule has 8 nitrogen and oxygen atoms in total. The van der Waals surface area contributed by atoms with Crippen molar-refractivity contribution in [1.29, 1.82) is 0 Å². The molecule has 0 unspecified atom stereocenters. The maximum atomic E-state index is 12.2. The van der Waals surface area contributed by atoms with Crippen molar-refractivity contribution in [3.05, 3.63) is 70.4 Å². The van der Waals surface area contributed by atoms with Gasteiger partial charge in [0.1, 0.15) is 10.7 Å². The number of hydrogen-bond acceptors (Lipinski definition) is 8. The van der Waals surface area contributed by atoms with Gasteiger partial charge in [0.25, 0.3) is 5.91 Å². The van der Waals surface area contributed by atoms with Crippen LogP contribution in [-0.2, 0) is 10.5 Å². The maximum Gasteiger partial charge on any atom is 0.270 e. The van der Waals surface area contributed by atoms with Crippen LogP contribution in [0.5, 0.6) is 0 Å². The predicted molar refractivity (Wildman–Crippen MR) is 125 cm³/mol. The van der Waals surface area contributed by atoms with Crippen molar-refractivity contribution in [1.82, 2.24) is 30.0 Å².